The topological polar surface area (TPSA) is 72.8 Å². The molecular formula is C26H33F9O5. The zero-order valence-electron chi connectivity index (χ0n) is 23.0. The van der Waals surface area contributed by atoms with E-state index in [0.717, 1.165) is 13.8 Å². The van der Waals surface area contributed by atoms with Crippen molar-refractivity contribution in [2.45, 2.75) is 109 Å². The Kier molecular flexibility index (Phi) is 10.1. The molecule has 2 atom stereocenters. The van der Waals surface area contributed by atoms with E-state index in [1.165, 1.54) is 13.8 Å². The van der Waals surface area contributed by atoms with Crippen LogP contribution in [0.4, 0.5) is 39.5 Å². The largest absolute Gasteiger partial charge is 0.460 e. The Morgan fingerprint density at radius 1 is 0.775 bits per heavy atom. The van der Waals surface area contributed by atoms with Crippen LogP contribution >= 0.6 is 0 Å². The number of halogens is 9. The van der Waals surface area contributed by atoms with Crippen molar-refractivity contribution in [2.75, 3.05) is 0 Å². The minimum atomic E-state index is -6.17. The van der Waals surface area contributed by atoms with Gasteiger partial charge < -0.3 is 14.6 Å². The summed E-state index contributed by atoms with van der Waals surface area (Å²) in [7, 11) is 0. The summed E-state index contributed by atoms with van der Waals surface area (Å²) in [5.41, 5.74) is -12.6. The van der Waals surface area contributed by atoms with Gasteiger partial charge in [0.05, 0.1) is 5.41 Å². The monoisotopic (exact) mass is 596 g/mol. The summed E-state index contributed by atoms with van der Waals surface area (Å²) >= 11 is 0. The lowest BCUT2D eigenvalue weighted by molar-refractivity contribution is -0.376. The maximum absolute atomic E-state index is 14.3. The van der Waals surface area contributed by atoms with E-state index in [4.69, 9.17) is 9.47 Å². The Labute approximate surface area is 226 Å². The molecule has 0 spiro atoms. The van der Waals surface area contributed by atoms with E-state index >= 15 is 0 Å². The molecule has 1 rings (SSSR count). The van der Waals surface area contributed by atoms with E-state index in [1.807, 2.05) is 0 Å². The summed E-state index contributed by atoms with van der Waals surface area (Å²) in [6.45, 7) is 9.18. The molecule has 2 unspecified atom stereocenters. The highest BCUT2D eigenvalue weighted by Gasteiger charge is 2.71. The highest BCUT2D eigenvalue weighted by molar-refractivity contribution is 5.76. The third-order valence-electron chi connectivity index (χ3n) is 6.33. The molecule has 0 bridgehead atoms. The van der Waals surface area contributed by atoms with Crippen molar-refractivity contribution in [3.63, 3.8) is 0 Å². The normalized spacial score (nSPS) is 16.2. The number of carbonyl (C=O) groups is 2. The van der Waals surface area contributed by atoms with Crippen LogP contribution < -0.4 is 0 Å². The summed E-state index contributed by atoms with van der Waals surface area (Å²) in [5, 5.41) is 9.67. The van der Waals surface area contributed by atoms with Crippen LogP contribution in [0.1, 0.15) is 84.8 Å². The molecule has 40 heavy (non-hydrogen) atoms. The molecule has 0 heterocycles. The number of rotatable bonds is 9. The van der Waals surface area contributed by atoms with Crippen molar-refractivity contribution >= 4 is 11.9 Å². The van der Waals surface area contributed by atoms with Crippen molar-refractivity contribution in [3.05, 3.63) is 35.4 Å². The van der Waals surface area contributed by atoms with Gasteiger partial charge in [-0.3, -0.25) is 9.59 Å². The van der Waals surface area contributed by atoms with Gasteiger partial charge in [0.1, 0.15) is 5.60 Å². The van der Waals surface area contributed by atoms with Crippen LogP contribution in [0.25, 0.3) is 0 Å². The Balaban J connectivity index is 3.76. The van der Waals surface area contributed by atoms with Crippen LogP contribution in [0.5, 0.6) is 0 Å². The van der Waals surface area contributed by atoms with E-state index in [0.29, 0.717) is 24.3 Å². The van der Waals surface area contributed by atoms with Crippen LogP contribution in [0.15, 0.2) is 24.3 Å². The lowest BCUT2D eigenvalue weighted by Gasteiger charge is -2.39. The maximum atomic E-state index is 14.3. The molecule has 0 radical (unpaired) electrons. The second-order valence-corrected chi connectivity index (χ2v) is 11.3. The average Bonchev–Trinajstić information content (AvgIpc) is 2.73. The molecule has 0 aliphatic rings. The fourth-order valence-electron chi connectivity index (χ4n) is 4.21. The first-order chi connectivity index (χ1) is 17.6. The molecule has 0 fully saturated rings. The number of aliphatic hydroxyl groups is 1. The second-order valence-electron chi connectivity index (χ2n) is 11.3. The molecular weight excluding hydrogens is 563 g/mol. The van der Waals surface area contributed by atoms with Gasteiger partial charge in [-0.2, -0.15) is 39.5 Å². The van der Waals surface area contributed by atoms with Gasteiger partial charge in [-0.05, 0) is 58.9 Å². The molecule has 1 aromatic carbocycles. The number of hydrogen-bond acceptors (Lipinski definition) is 5. The lowest BCUT2D eigenvalue weighted by atomic mass is 9.74. The Morgan fingerprint density at radius 2 is 1.23 bits per heavy atom. The first-order valence-corrected chi connectivity index (χ1v) is 12.1. The number of ether oxygens (including phenoxy) is 2. The van der Waals surface area contributed by atoms with E-state index in [1.54, 1.807) is 20.8 Å². The lowest BCUT2D eigenvalue weighted by Crippen LogP contribution is -2.53. The smallest absolute Gasteiger partial charge is 0.430 e. The van der Waals surface area contributed by atoms with Crippen molar-refractivity contribution in [2.24, 2.45) is 5.41 Å². The zero-order valence-corrected chi connectivity index (χ0v) is 23.0. The predicted molar refractivity (Wildman–Crippen MR) is 125 cm³/mol. The van der Waals surface area contributed by atoms with Gasteiger partial charge in [0, 0.05) is 18.9 Å². The minimum absolute atomic E-state index is 0.193. The van der Waals surface area contributed by atoms with Crippen molar-refractivity contribution in [1.29, 1.82) is 0 Å². The Hall–Kier alpha value is -2.51. The maximum Gasteiger partial charge on any atom is 0.430 e. The van der Waals surface area contributed by atoms with Gasteiger partial charge in [0.2, 0.25) is 5.60 Å². The van der Waals surface area contributed by atoms with Crippen LogP contribution in [0, 0.1) is 5.41 Å². The summed E-state index contributed by atoms with van der Waals surface area (Å²) in [6, 6.07) is 2.02. The van der Waals surface area contributed by atoms with Gasteiger partial charge in [0.25, 0.3) is 5.60 Å². The predicted octanol–water partition coefficient (Wildman–Crippen LogP) is 7.50. The van der Waals surface area contributed by atoms with Crippen molar-refractivity contribution in [1.82, 2.24) is 0 Å². The van der Waals surface area contributed by atoms with E-state index in [-0.39, 0.29) is 5.56 Å². The molecule has 5 nitrogen and oxygen atoms in total. The molecule has 0 aliphatic heterocycles. The number of hydrogen-bond donors (Lipinski definition) is 1. The molecule has 230 valence electrons. The minimum Gasteiger partial charge on any atom is -0.460 e. The summed E-state index contributed by atoms with van der Waals surface area (Å²) < 4.78 is 133. The highest BCUT2D eigenvalue weighted by Crippen LogP contribution is 2.51. The molecule has 0 amide bonds. The summed E-state index contributed by atoms with van der Waals surface area (Å²) in [4.78, 5) is 24.5. The molecule has 1 N–H and O–H groups in total. The fourth-order valence-corrected chi connectivity index (χ4v) is 4.21. The molecule has 0 saturated carbocycles. The Bertz CT molecular complexity index is 1020. The summed E-state index contributed by atoms with van der Waals surface area (Å²) in [5.74, 6) is -3.49. The SMILES string of the molecule is CCC(CC(CC(C)(C)C(=O)OC(C)(C)C)c1ccc(C(O)(C(F)(F)F)C(F)(F)F)cc1)(OC(C)=O)C(F)(F)F. The fraction of sp³-hybridized carbons (Fsp3) is 0.692. The number of benzene rings is 1. The molecule has 14 heteroatoms. The second kappa shape index (κ2) is 11.4. The Morgan fingerprint density at radius 3 is 1.55 bits per heavy atom. The summed E-state index contributed by atoms with van der Waals surface area (Å²) in [6.07, 6.45) is -19.7. The van der Waals surface area contributed by atoms with Gasteiger partial charge in [-0.15, -0.1) is 0 Å². The number of esters is 2. The van der Waals surface area contributed by atoms with Crippen LogP contribution in [-0.2, 0) is 24.7 Å². The first kappa shape index (κ1) is 35.5. The molecule has 0 aromatic heterocycles. The average molecular weight is 597 g/mol. The highest BCUT2D eigenvalue weighted by atomic mass is 19.4. The van der Waals surface area contributed by atoms with Crippen molar-refractivity contribution in [3.8, 4) is 0 Å². The first-order valence-electron chi connectivity index (χ1n) is 12.1. The van der Waals surface area contributed by atoms with Gasteiger partial charge >= 0.3 is 30.5 Å². The van der Waals surface area contributed by atoms with E-state index in [9.17, 15) is 54.2 Å². The van der Waals surface area contributed by atoms with E-state index in [2.05, 4.69) is 0 Å². The third kappa shape index (κ3) is 7.82. The van der Waals surface area contributed by atoms with Crippen LogP contribution in [0.2, 0.25) is 0 Å². The van der Waals surface area contributed by atoms with Gasteiger partial charge in [-0.1, -0.05) is 31.2 Å². The zero-order chi connectivity index (χ0) is 31.8. The van der Waals surface area contributed by atoms with E-state index < -0.39 is 83.4 Å². The quantitative estimate of drug-likeness (QED) is 0.236. The molecule has 0 aliphatic carbocycles. The van der Waals surface area contributed by atoms with Crippen molar-refractivity contribution < 1.29 is 63.7 Å². The number of alkyl halides is 9. The van der Waals surface area contributed by atoms with Gasteiger partial charge in [-0.25, -0.2) is 0 Å². The number of carbonyl (C=O) groups excluding carboxylic acids is 2. The molecule has 0 saturated heterocycles. The van der Waals surface area contributed by atoms with Crippen LogP contribution in [-0.4, -0.2) is 46.8 Å². The molecule has 1 aromatic rings. The van der Waals surface area contributed by atoms with Crippen LogP contribution in [0.3, 0.4) is 0 Å². The van der Waals surface area contributed by atoms with Gasteiger partial charge in [0.15, 0.2) is 0 Å². The standard InChI is InChI=1S/C26H33F9O5/c1-8-22(24(27,28)29,39-15(2)36)14-17(13-21(6,7)19(37)40-20(3,4)5)16-9-11-18(12-10-16)23(38,25(30,31)32)26(33,34)35/h9-12,17,38H,8,13-14H2,1-7H3. The third-order valence-corrected chi connectivity index (χ3v) is 6.33.